The highest BCUT2D eigenvalue weighted by Gasteiger charge is 2.77. The van der Waals surface area contributed by atoms with E-state index in [1.807, 2.05) is 51.1 Å². The average molecular weight is 706 g/mol. The number of ether oxygens (including phenoxy) is 4. The average Bonchev–Trinajstić information content (AvgIpc) is 3.04. The molecule has 1 saturated heterocycles. The summed E-state index contributed by atoms with van der Waals surface area (Å²) in [4.78, 5) is 75.6. The number of carboxylic acid groups (broad SMARTS) is 3. The number of amides is 1. The molecule has 6 N–H and O–H groups in total. The third kappa shape index (κ3) is 9.55. The molecule has 1 aromatic rings. The summed E-state index contributed by atoms with van der Waals surface area (Å²) in [7, 11) is 0. The lowest BCUT2D eigenvalue weighted by Crippen LogP contribution is -2.81. The number of esters is 2. The van der Waals surface area contributed by atoms with Crippen molar-refractivity contribution in [2.24, 2.45) is 23.5 Å². The van der Waals surface area contributed by atoms with Crippen LogP contribution in [0.25, 0.3) is 0 Å². The monoisotopic (exact) mass is 705 g/mol. The number of primary amides is 1. The number of carboxylic acids is 3. The first-order valence-corrected chi connectivity index (χ1v) is 16.1. The van der Waals surface area contributed by atoms with E-state index in [1.54, 1.807) is 6.92 Å². The zero-order valence-corrected chi connectivity index (χ0v) is 28.8. The second-order valence-electron chi connectivity index (χ2n) is 12.8. The number of benzene rings is 1. The standard InChI is InChI=1S/C35H47NO14/c1-7-20(2)17-21(3)13-14-26(38)47-19-33(31(42)43)35(46,32(44)45)28(29(39)40)49-34(50-33,30(36)41)16-15-22(4)27(48-24(6)37)23(5)18-25-11-9-8-10-12-25/h8-14,20-21,23,27-28,46H,4,7,15-19H2,1-3,5-6H3,(H2,36,41)(H,39,40)(H,42,43)(H,44,45). The summed E-state index contributed by atoms with van der Waals surface area (Å²) in [5.41, 5.74) is -0.965. The maximum Gasteiger partial charge on any atom is 0.343 e. The summed E-state index contributed by atoms with van der Waals surface area (Å²) in [6.45, 7) is 11.1. The molecule has 1 amide bonds. The Kier molecular flexibility index (Phi) is 14.4. The van der Waals surface area contributed by atoms with Crippen LogP contribution in [0.2, 0.25) is 0 Å². The molecule has 0 bridgehead atoms. The van der Waals surface area contributed by atoms with Crippen molar-refractivity contribution in [3.05, 3.63) is 60.2 Å². The Labute approximate surface area is 290 Å². The van der Waals surface area contributed by atoms with Crippen molar-refractivity contribution in [1.29, 1.82) is 0 Å². The molecule has 50 heavy (non-hydrogen) atoms. The predicted octanol–water partition coefficient (Wildman–Crippen LogP) is 2.63. The van der Waals surface area contributed by atoms with Crippen LogP contribution in [0.5, 0.6) is 0 Å². The topological polar surface area (TPSA) is 246 Å². The van der Waals surface area contributed by atoms with E-state index in [-0.39, 0.29) is 17.9 Å². The van der Waals surface area contributed by atoms with E-state index in [4.69, 9.17) is 24.7 Å². The van der Waals surface area contributed by atoms with Gasteiger partial charge in [0.05, 0.1) is 0 Å². The number of carbonyl (C=O) groups is 6. The Morgan fingerprint density at radius 3 is 2.16 bits per heavy atom. The van der Waals surface area contributed by atoms with Gasteiger partial charge < -0.3 is 45.1 Å². The zero-order chi connectivity index (χ0) is 38.0. The van der Waals surface area contributed by atoms with E-state index in [9.17, 15) is 49.2 Å². The molecule has 0 spiro atoms. The lowest BCUT2D eigenvalue weighted by molar-refractivity contribution is -0.379. The predicted molar refractivity (Wildman–Crippen MR) is 175 cm³/mol. The van der Waals surface area contributed by atoms with Gasteiger partial charge >= 0.3 is 29.8 Å². The molecule has 1 fully saturated rings. The van der Waals surface area contributed by atoms with Crippen LogP contribution in [0.4, 0.5) is 0 Å². The molecule has 1 aromatic carbocycles. The highest BCUT2D eigenvalue weighted by Crippen LogP contribution is 2.45. The van der Waals surface area contributed by atoms with Gasteiger partial charge in [0.1, 0.15) is 12.7 Å². The Morgan fingerprint density at radius 1 is 1.04 bits per heavy atom. The minimum absolute atomic E-state index is 0.112. The molecule has 0 radical (unpaired) electrons. The third-order valence-corrected chi connectivity index (χ3v) is 8.75. The van der Waals surface area contributed by atoms with Crippen LogP contribution in [0.3, 0.4) is 0 Å². The summed E-state index contributed by atoms with van der Waals surface area (Å²) in [5.74, 6) is -13.6. The van der Waals surface area contributed by atoms with Crippen molar-refractivity contribution < 1.29 is 68.1 Å². The maximum absolute atomic E-state index is 13.0. The number of aliphatic carboxylic acids is 3. The smallest absolute Gasteiger partial charge is 0.343 e. The molecule has 15 heteroatoms. The van der Waals surface area contributed by atoms with Crippen LogP contribution in [0, 0.1) is 17.8 Å². The number of aliphatic hydroxyl groups is 1. The Bertz CT molecular complexity index is 1460. The van der Waals surface area contributed by atoms with Gasteiger partial charge in [0.15, 0.2) is 0 Å². The van der Waals surface area contributed by atoms with E-state index >= 15 is 0 Å². The number of carbonyl (C=O) groups excluding carboxylic acids is 3. The fraction of sp³-hybridized carbons (Fsp3) is 0.543. The van der Waals surface area contributed by atoms with Crippen LogP contribution < -0.4 is 5.73 Å². The van der Waals surface area contributed by atoms with E-state index in [2.05, 4.69) is 6.58 Å². The number of allylic oxidation sites excluding steroid dienone is 1. The number of hydrogen-bond donors (Lipinski definition) is 5. The maximum atomic E-state index is 13.0. The first-order valence-electron chi connectivity index (χ1n) is 16.1. The summed E-state index contributed by atoms with van der Waals surface area (Å²) < 4.78 is 21.3. The van der Waals surface area contributed by atoms with Gasteiger partial charge in [-0.15, -0.1) is 0 Å². The van der Waals surface area contributed by atoms with Crippen LogP contribution in [-0.4, -0.2) is 92.0 Å². The van der Waals surface area contributed by atoms with Gasteiger partial charge in [-0.3, -0.25) is 9.59 Å². The largest absolute Gasteiger partial charge is 0.479 e. The molecule has 2 rings (SSSR count). The van der Waals surface area contributed by atoms with Gasteiger partial charge in [-0.2, -0.15) is 0 Å². The van der Waals surface area contributed by atoms with Gasteiger partial charge in [0.2, 0.25) is 17.3 Å². The van der Waals surface area contributed by atoms with E-state index in [1.165, 1.54) is 13.0 Å². The zero-order valence-electron chi connectivity index (χ0n) is 28.8. The van der Waals surface area contributed by atoms with Crippen molar-refractivity contribution in [2.75, 3.05) is 6.61 Å². The van der Waals surface area contributed by atoms with Gasteiger partial charge in [-0.05, 0) is 42.2 Å². The quantitative estimate of drug-likeness (QED) is 0.0789. The molecule has 0 aromatic heterocycles. The molecule has 276 valence electrons. The minimum Gasteiger partial charge on any atom is -0.479 e. The van der Waals surface area contributed by atoms with Crippen LogP contribution in [-0.2, 0) is 54.1 Å². The molecule has 8 unspecified atom stereocenters. The number of nitrogens with two attached hydrogens (primary N) is 1. The lowest BCUT2D eigenvalue weighted by atomic mass is 9.76. The highest BCUT2D eigenvalue weighted by molar-refractivity contribution is 5.98. The molecule has 0 saturated carbocycles. The van der Waals surface area contributed by atoms with E-state index in [0.29, 0.717) is 18.8 Å². The Hall–Kier alpha value is -4.60. The van der Waals surface area contributed by atoms with Gasteiger partial charge in [-0.1, -0.05) is 77.1 Å². The molecule has 1 heterocycles. The van der Waals surface area contributed by atoms with E-state index < -0.39 is 83.9 Å². The molecule has 1 aliphatic heterocycles. The first kappa shape index (κ1) is 41.6. The minimum atomic E-state index is -3.97. The second kappa shape index (κ2) is 17.4. The summed E-state index contributed by atoms with van der Waals surface area (Å²) in [5, 5.41) is 41.8. The summed E-state index contributed by atoms with van der Waals surface area (Å²) in [6.07, 6.45) is -0.680. The van der Waals surface area contributed by atoms with Crippen LogP contribution >= 0.6 is 0 Å². The van der Waals surface area contributed by atoms with Crippen molar-refractivity contribution >= 4 is 35.8 Å². The molecule has 0 aliphatic carbocycles. The highest BCUT2D eigenvalue weighted by atomic mass is 16.8. The van der Waals surface area contributed by atoms with Crippen molar-refractivity contribution in [1.82, 2.24) is 0 Å². The molecule has 8 atom stereocenters. The number of rotatable bonds is 19. The van der Waals surface area contributed by atoms with Crippen LogP contribution in [0.15, 0.2) is 54.6 Å². The summed E-state index contributed by atoms with van der Waals surface area (Å²) in [6, 6.07) is 9.17. The van der Waals surface area contributed by atoms with Crippen molar-refractivity contribution in [3.63, 3.8) is 0 Å². The molecule has 15 nitrogen and oxygen atoms in total. The molecular weight excluding hydrogens is 658 g/mol. The van der Waals surface area contributed by atoms with E-state index in [0.717, 1.165) is 18.1 Å². The van der Waals surface area contributed by atoms with Gasteiger partial charge in [-0.25, -0.2) is 19.2 Å². The SMILES string of the molecule is C=C(CCC1(C(N)=O)OC(C(=O)O)C(O)(C(=O)O)C(COC(=O)C=CC(C)CC(C)CC)(C(=O)O)O1)C(OC(C)=O)C(C)Cc1ccccc1. The molecule has 1 aliphatic rings. The first-order chi connectivity index (χ1) is 23.3. The third-order valence-electron chi connectivity index (χ3n) is 8.75. The van der Waals surface area contributed by atoms with Crippen molar-refractivity contribution in [2.45, 2.75) is 95.9 Å². The number of hydrogen-bond acceptors (Lipinski definition) is 11. The fourth-order valence-corrected chi connectivity index (χ4v) is 5.82. The second-order valence-corrected chi connectivity index (χ2v) is 12.8. The van der Waals surface area contributed by atoms with Crippen LogP contribution in [0.1, 0.15) is 65.9 Å². The lowest BCUT2D eigenvalue weighted by Gasteiger charge is -2.52. The van der Waals surface area contributed by atoms with Gasteiger partial charge in [0, 0.05) is 25.3 Å². The molecular formula is C35H47NO14. The Balaban J connectivity index is 2.53. The Morgan fingerprint density at radius 2 is 1.66 bits per heavy atom. The van der Waals surface area contributed by atoms with Crippen molar-refractivity contribution in [3.8, 4) is 0 Å². The fourth-order valence-electron chi connectivity index (χ4n) is 5.82. The summed E-state index contributed by atoms with van der Waals surface area (Å²) >= 11 is 0. The van der Waals surface area contributed by atoms with Gasteiger partial charge in [0.25, 0.3) is 11.7 Å². The normalized spacial score (nSPS) is 25.8.